The summed E-state index contributed by atoms with van der Waals surface area (Å²) in [5, 5.41) is 11.4. The Morgan fingerprint density at radius 1 is 1.14 bits per heavy atom. The number of hydrogen-bond acceptors (Lipinski definition) is 6. The number of nitrogens with zero attached hydrogens (tertiary/aromatic N) is 3. The first-order valence-electron chi connectivity index (χ1n) is 11.6. The number of carbonyl (C=O) groups is 1. The zero-order chi connectivity index (χ0) is 25.9. The average Bonchev–Trinajstić information content (AvgIpc) is 3.38. The first kappa shape index (κ1) is 25.2. The second kappa shape index (κ2) is 10.3. The number of nitrogens with one attached hydrogen (secondary N) is 2. The van der Waals surface area contributed by atoms with Gasteiger partial charge >= 0.3 is 6.18 Å². The number of hydrogen-bond donors (Lipinski definition) is 3. The predicted molar refractivity (Wildman–Crippen MR) is 133 cm³/mol. The van der Waals surface area contributed by atoms with E-state index in [-0.39, 0.29) is 23.5 Å². The highest BCUT2D eigenvalue weighted by Gasteiger charge is 2.31. The molecule has 0 bridgehead atoms. The maximum absolute atomic E-state index is 13.0. The third kappa shape index (κ3) is 5.64. The van der Waals surface area contributed by atoms with Gasteiger partial charge in [0.25, 0.3) is 5.91 Å². The summed E-state index contributed by atoms with van der Waals surface area (Å²) in [6.45, 7) is 0. The molecule has 36 heavy (non-hydrogen) atoms. The second-order valence-electron chi connectivity index (χ2n) is 8.90. The number of benzene rings is 2. The zero-order valence-electron chi connectivity index (χ0n) is 19.8. The van der Waals surface area contributed by atoms with E-state index in [1.165, 1.54) is 18.5 Å². The van der Waals surface area contributed by atoms with E-state index in [1.807, 2.05) is 7.05 Å². The van der Waals surface area contributed by atoms with Gasteiger partial charge in [0.15, 0.2) is 0 Å². The number of rotatable bonds is 7. The molecule has 10 heteroatoms. The van der Waals surface area contributed by atoms with Gasteiger partial charge in [0.1, 0.15) is 18.0 Å². The Morgan fingerprint density at radius 3 is 2.58 bits per heavy atom. The van der Waals surface area contributed by atoms with E-state index >= 15 is 0 Å². The predicted octanol–water partition coefficient (Wildman–Crippen LogP) is 5.32. The number of anilines is 3. The van der Waals surface area contributed by atoms with E-state index in [0.717, 1.165) is 43.4 Å². The lowest BCUT2D eigenvalue weighted by molar-refractivity contribution is -0.137. The molecule has 7 nitrogen and oxygen atoms in total. The molecule has 1 heterocycles. The fourth-order valence-corrected chi connectivity index (χ4v) is 4.50. The standard InChI is InChI=1S/C26H27F3N6O/c1-35(20-10-2-3-11-20)24-22(23(31)32-15-33-24)21(30)13-16-6-4-9-19(12-16)34-25(36)17-7-5-8-18(14-17)26(27,28)29/h4-9,12,14-15,20,30H,2-3,10-11,13H2,1H3,(H,34,36)(H2,31,32,33). The van der Waals surface area contributed by atoms with Gasteiger partial charge in [-0.3, -0.25) is 4.79 Å². The highest BCUT2D eigenvalue weighted by molar-refractivity contribution is 6.07. The van der Waals surface area contributed by atoms with E-state index in [4.69, 9.17) is 11.1 Å². The Balaban J connectivity index is 1.51. The van der Waals surface area contributed by atoms with Gasteiger partial charge in [-0.05, 0) is 48.7 Å². The molecule has 4 rings (SSSR count). The van der Waals surface area contributed by atoms with Crippen molar-refractivity contribution in [1.29, 1.82) is 5.41 Å². The van der Waals surface area contributed by atoms with E-state index < -0.39 is 17.6 Å². The molecule has 0 radical (unpaired) electrons. The number of nitrogens with two attached hydrogens (primary N) is 1. The van der Waals surface area contributed by atoms with Gasteiger partial charge in [0.05, 0.1) is 16.8 Å². The fourth-order valence-electron chi connectivity index (χ4n) is 4.50. The molecule has 0 aliphatic heterocycles. The molecular weight excluding hydrogens is 469 g/mol. The summed E-state index contributed by atoms with van der Waals surface area (Å²) >= 11 is 0. The highest BCUT2D eigenvalue weighted by atomic mass is 19.4. The van der Waals surface area contributed by atoms with Crippen molar-refractivity contribution in [2.75, 3.05) is 23.0 Å². The van der Waals surface area contributed by atoms with Gasteiger partial charge in [-0.15, -0.1) is 0 Å². The minimum absolute atomic E-state index is 0.100. The molecule has 0 atom stereocenters. The zero-order valence-corrected chi connectivity index (χ0v) is 19.8. The van der Waals surface area contributed by atoms with E-state index in [0.29, 0.717) is 23.1 Å². The number of amides is 1. The Kier molecular flexibility index (Phi) is 7.23. The van der Waals surface area contributed by atoms with Crippen molar-refractivity contribution >= 4 is 28.9 Å². The van der Waals surface area contributed by atoms with Crippen LogP contribution in [-0.4, -0.2) is 34.7 Å². The Labute approximate surface area is 207 Å². The minimum Gasteiger partial charge on any atom is -0.383 e. The van der Waals surface area contributed by atoms with Crippen LogP contribution in [0, 0.1) is 5.41 Å². The summed E-state index contributed by atoms with van der Waals surface area (Å²) in [5.41, 5.74) is 7.00. The second-order valence-corrected chi connectivity index (χ2v) is 8.90. The first-order chi connectivity index (χ1) is 17.1. The third-order valence-electron chi connectivity index (χ3n) is 6.38. The van der Waals surface area contributed by atoms with Crippen LogP contribution in [0.4, 0.5) is 30.5 Å². The van der Waals surface area contributed by atoms with Gasteiger partial charge in [-0.25, -0.2) is 9.97 Å². The van der Waals surface area contributed by atoms with Gasteiger partial charge in [-0.1, -0.05) is 31.0 Å². The van der Waals surface area contributed by atoms with Gasteiger partial charge < -0.3 is 21.4 Å². The van der Waals surface area contributed by atoms with Crippen molar-refractivity contribution in [3.63, 3.8) is 0 Å². The van der Waals surface area contributed by atoms with Crippen molar-refractivity contribution in [3.05, 3.63) is 77.1 Å². The molecule has 4 N–H and O–H groups in total. The number of nitrogen functional groups attached to an aromatic ring is 1. The van der Waals surface area contributed by atoms with Gasteiger partial charge in [0, 0.05) is 30.8 Å². The van der Waals surface area contributed by atoms with Crippen LogP contribution >= 0.6 is 0 Å². The smallest absolute Gasteiger partial charge is 0.383 e. The Bertz CT molecular complexity index is 1270. The van der Waals surface area contributed by atoms with Crippen LogP contribution in [0.1, 0.15) is 52.7 Å². The molecule has 1 aromatic heterocycles. The van der Waals surface area contributed by atoms with Crippen molar-refractivity contribution < 1.29 is 18.0 Å². The summed E-state index contributed by atoms with van der Waals surface area (Å²) in [5.74, 6) is 0.187. The van der Waals surface area contributed by atoms with Crippen molar-refractivity contribution in [2.45, 2.75) is 44.3 Å². The lowest BCUT2D eigenvalue weighted by atomic mass is 10.0. The summed E-state index contributed by atoms with van der Waals surface area (Å²) in [6, 6.07) is 11.4. The molecule has 1 amide bonds. The SMILES string of the molecule is CN(c1ncnc(N)c1C(=N)Cc1cccc(NC(=O)c2cccc(C(F)(F)F)c2)c1)C1CCCC1. The summed E-state index contributed by atoms with van der Waals surface area (Å²) in [4.78, 5) is 23.2. The quantitative estimate of drug-likeness (QED) is 0.384. The molecule has 0 spiro atoms. The molecule has 1 aliphatic carbocycles. The first-order valence-corrected chi connectivity index (χ1v) is 11.6. The maximum Gasteiger partial charge on any atom is 0.416 e. The van der Waals surface area contributed by atoms with Crippen LogP contribution in [0.25, 0.3) is 0 Å². The molecule has 0 unspecified atom stereocenters. The number of carbonyl (C=O) groups excluding carboxylic acids is 1. The molecule has 188 valence electrons. The van der Waals surface area contributed by atoms with E-state index in [2.05, 4.69) is 20.2 Å². The van der Waals surface area contributed by atoms with Crippen molar-refractivity contribution in [2.24, 2.45) is 0 Å². The van der Waals surface area contributed by atoms with Crippen molar-refractivity contribution in [3.8, 4) is 0 Å². The van der Waals surface area contributed by atoms with Gasteiger partial charge in [0.2, 0.25) is 0 Å². The monoisotopic (exact) mass is 496 g/mol. The topological polar surface area (TPSA) is 108 Å². The van der Waals surface area contributed by atoms with Crippen LogP contribution in [0.15, 0.2) is 54.9 Å². The van der Waals surface area contributed by atoms with Crippen LogP contribution in [0.3, 0.4) is 0 Å². The molecule has 1 aliphatic rings. The number of aromatic nitrogens is 2. The molecule has 2 aromatic carbocycles. The average molecular weight is 497 g/mol. The third-order valence-corrected chi connectivity index (χ3v) is 6.38. The lowest BCUT2D eigenvalue weighted by Crippen LogP contribution is -2.31. The highest BCUT2D eigenvalue weighted by Crippen LogP contribution is 2.31. The number of halogens is 3. The van der Waals surface area contributed by atoms with Crippen LogP contribution in [-0.2, 0) is 12.6 Å². The minimum atomic E-state index is -4.54. The fraction of sp³-hybridized carbons (Fsp3) is 0.308. The van der Waals surface area contributed by atoms with Crippen LogP contribution in [0.5, 0.6) is 0 Å². The summed E-state index contributed by atoms with van der Waals surface area (Å²) in [6.07, 6.45) is 1.49. The van der Waals surface area contributed by atoms with Crippen LogP contribution < -0.4 is 16.0 Å². The maximum atomic E-state index is 13.0. The largest absolute Gasteiger partial charge is 0.416 e. The summed E-state index contributed by atoms with van der Waals surface area (Å²) in [7, 11) is 1.96. The van der Waals surface area contributed by atoms with E-state index in [1.54, 1.807) is 24.3 Å². The van der Waals surface area contributed by atoms with Crippen LogP contribution in [0.2, 0.25) is 0 Å². The molecule has 3 aromatic rings. The number of alkyl halides is 3. The molecule has 0 saturated heterocycles. The Hall–Kier alpha value is -3.95. The van der Waals surface area contributed by atoms with E-state index in [9.17, 15) is 18.0 Å². The summed E-state index contributed by atoms with van der Waals surface area (Å²) < 4.78 is 39.0. The lowest BCUT2D eigenvalue weighted by Gasteiger charge is -2.27. The Morgan fingerprint density at radius 2 is 1.86 bits per heavy atom. The van der Waals surface area contributed by atoms with Crippen molar-refractivity contribution in [1.82, 2.24) is 9.97 Å². The van der Waals surface area contributed by atoms with Gasteiger partial charge in [-0.2, -0.15) is 13.2 Å². The molecule has 1 saturated carbocycles. The molecule has 1 fully saturated rings. The normalized spacial score (nSPS) is 14.0. The molecular formula is C26H27F3N6O.